The summed E-state index contributed by atoms with van der Waals surface area (Å²) in [7, 11) is -2.97. The highest BCUT2D eigenvalue weighted by atomic mass is 32.2. The predicted octanol–water partition coefficient (Wildman–Crippen LogP) is -0.835. The van der Waals surface area contributed by atoms with Crippen LogP contribution in [0.4, 0.5) is 0 Å². The minimum absolute atomic E-state index is 0.00819. The lowest BCUT2D eigenvalue weighted by atomic mass is 10.4. The van der Waals surface area contributed by atoms with Crippen LogP contribution in [0.3, 0.4) is 0 Å². The first-order valence-corrected chi connectivity index (χ1v) is 4.89. The Morgan fingerprint density at radius 2 is 2.10 bits per heavy atom. The molecular formula is C5H11NO3S. The number of nitrogens with one attached hydrogen (secondary N) is 1. The van der Waals surface area contributed by atoms with Crippen LogP contribution in [0.1, 0.15) is 6.92 Å². The maximum absolute atomic E-state index is 10.6. The molecule has 1 atom stereocenters. The highest BCUT2D eigenvalue weighted by Crippen LogP contribution is 1.87. The monoisotopic (exact) mass is 165 g/mol. The van der Waals surface area contributed by atoms with Crippen molar-refractivity contribution < 1.29 is 13.2 Å². The lowest BCUT2D eigenvalue weighted by Gasteiger charge is -2.06. The van der Waals surface area contributed by atoms with Crippen molar-refractivity contribution in [2.24, 2.45) is 0 Å². The van der Waals surface area contributed by atoms with Crippen molar-refractivity contribution in [2.45, 2.75) is 13.0 Å². The molecule has 0 aromatic heterocycles. The average Bonchev–Trinajstić information content (AvgIpc) is 1.59. The van der Waals surface area contributed by atoms with Crippen LogP contribution >= 0.6 is 0 Å². The lowest BCUT2D eigenvalue weighted by Crippen LogP contribution is -2.31. The first-order valence-electron chi connectivity index (χ1n) is 2.83. The number of carbonyl (C=O) groups excluding carboxylic acids is 1. The van der Waals surface area contributed by atoms with E-state index in [2.05, 4.69) is 5.32 Å². The summed E-state index contributed by atoms with van der Waals surface area (Å²) >= 11 is 0. The summed E-state index contributed by atoms with van der Waals surface area (Å²) in [6.45, 7) is 1.63. The summed E-state index contributed by atoms with van der Waals surface area (Å²) in [6.07, 6.45) is 1.63. The highest BCUT2D eigenvalue weighted by Gasteiger charge is 2.07. The molecule has 4 nitrogen and oxygen atoms in total. The molecule has 1 N–H and O–H groups in total. The van der Waals surface area contributed by atoms with Gasteiger partial charge in [0, 0.05) is 12.3 Å². The second kappa shape index (κ2) is 3.55. The molecule has 1 amide bonds. The van der Waals surface area contributed by atoms with Crippen LogP contribution in [0, 0.1) is 0 Å². The third kappa shape index (κ3) is 5.55. The molecule has 0 saturated heterocycles. The molecule has 0 aromatic carbocycles. The largest absolute Gasteiger partial charge is 0.355 e. The molecule has 0 aliphatic heterocycles. The van der Waals surface area contributed by atoms with Crippen molar-refractivity contribution in [1.82, 2.24) is 5.32 Å². The van der Waals surface area contributed by atoms with Gasteiger partial charge in [-0.1, -0.05) is 0 Å². The molecule has 0 aromatic rings. The standard InChI is InChI=1S/C5H11NO3S/c1-5(6-4-7)3-10(2,8)9/h4-5H,3H2,1-2H3,(H,6,7). The summed E-state index contributed by atoms with van der Waals surface area (Å²) in [5, 5.41) is 2.34. The Labute approximate surface area is 60.5 Å². The zero-order valence-corrected chi connectivity index (χ0v) is 6.81. The summed E-state index contributed by atoms with van der Waals surface area (Å²) in [6, 6.07) is -0.299. The fourth-order valence-corrected chi connectivity index (χ4v) is 1.62. The Balaban J connectivity index is 3.80. The number of hydrogen-bond acceptors (Lipinski definition) is 3. The van der Waals surface area contributed by atoms with Crippen molar-refractivity contribution >= 4 is 16.2 Å². The molecule has 0 heterocycles. The van der Waals surface area contributed by atoms with E-state index in [-0.39, 0.29) is 11.8 Å². The number of sulfone groups is 1. The SMILES string of the molecule is CC(CS(C)(=O)=O)NC=O. The number of amides is 1. The molecular weight excluding hydrogens is 154 g/mol. The summed E-state index contributed by atoms with van der Waals surface area (Å²) < 4.78 is 21.1. The normalized spacial score (nSPS) is 14.2. The van der Waals surface area contributed by atoms with Crippen molar-refractivity contribution in [1.29, 1.82) is 0 Å². The van der Waals surface area contributed by atoms with E-state index < -0.39 is 9.84 Å². The quantitative estimate of drug-likeness (QED) is 0.553. The molecule has 0 rings (SSSR count). The summed E-state index contributed by atoms with van der Waals surface area (Å²) in [4.78, 5) is 9.80. The van der Waals surface area contributed by atoms with Crippen molar-refractivity contribution in [3.8, 4) is 0 Å². The second-order valence-corrected chi connectivity index (χ2v) is 4.46. The third-order valence-corrected chi connectivity index (χ3v) is 2.01. The minimum Gasteiger partial charge on any atom is -0.355 e. The van der Waals surface area contributed by atoms with Gasteiger partial charge < -0.3 is 5.32 Å². The van der Waals surface area contributed by atoms with Gasteiger partial charge in [-0.25, -0.2) is 8.42 Å². The number of carbonyl (C=O) groups is 1. The van der Waals surface area contributed by atoms with E-state index in [1.54, 1.807) is 6.92 Å². The number of rotatable bonds is 4. The molecule has 5 heteroatoms. The van der Waals surface area contributed by atoms with Gasteiger partial charge in [0.1, 0.15) is 9.84 Å². The average molecular weight is 165 g/mol. The molecule has 0 spiro atoms. The van der Waals surface area contributed by atoms with E-state index in [1.165, 1.54) is 0 Å². The molecule has 1 unspecified atom stereocenters. The van der Waals surface area contributed by atoms with E-state index in [0.29, 0.717) is 6.41 Å². The Bertz CT molecular complexity index is 197. The highest BCUT2D eigenvalue weighted by molar-refractivity contribution is 7.90. The topological polar surface area (TPSA) is 63.2 Å². The molecule has 0 bridgehead atoms. The molecule has 0 saturated carbocycles. The van der Waals surface area contributed by atoms with Crippen LogP contribution in [0.15, 0.2) is 0 Å². The van der Waals surface area contributed by atoms with Gasteiger partial charge in [0.2, 0.25) is 6.41 Å². The van der Waals surface area contributed by atoms with Gasteiger partial charge in [0.25, 0.3) is 0 Å². The third-order valence-electron chi connectivity index (χ3n) is 0.905. The second-order valence-electron chi connectivity index (χ2n) is 2.28. The van der Waals surface area contributed by atoms with Crippen LogP contribution in [-0.4, -0.2) is 32.9 Å². The summed E-state index contributed by atoms with van der Waals surface area (Å²) in [5.41, 5.74) is 0. The van der Waals surface area contributed by atoms with Crippen LogP contribution in [0.2, 0.25) is 0 Å². The Kier molecular flexibility index (Phi) is 3.35. The molecule has 60 valence electrons. The number of hydrogen-bond donors (Lipinski definition) is 1. The first kappa shape index (κ1) is 9.42. The maximum atomic E-state index is 10.6. The molecule has 0 fully saturated rings. The molecule has 10 heavy (non-hydrogen) atoms. The van der Waals surface area contributed by atoms with E-state index in [4.69, 9.17) is 0 Å². The summed E-state index contributed by atoms with van der Waals surface area (Å²) in [5.74, 6) is -0.00819. The van der Waals surface area contributed by atoms with E-state index in [1.807, 2.05) is 0 Å². The predicted molar refractivity (Wildman–Crippen MR) is 38.4 cm³/mol. The zero-order valence-electron chi connectivity index (χ0n) is 5.99. The Morgan fingerprint density at radius 3 is 2.40 bits per heavy atom. The molecule has 0 aliphatic carbocycles. The Hall–Kier alpha value is -0.580. The smallest absolute Gasteiger partial charge is 0.207 e. The molecule has 0 aliphatic rings. The maximum Gasteiger partial charge on any atom is 0.207 e. The van der Waals surface area contributed by atoms with Gasteiger partial charge in [0.05, 0.1) is 5.75 Å². The zero-order chi connectivity index (χ0) is 8.20. The Morgan fingerprint density at radius 1 is 1.60 bits per heavy atom. The van der Waals surface area contributed by atoms with Crippen molar-refractivity contribution in [3.63, 3.8) is 0 Å². The van der Waals surface area contributed by atoms with Crippen molar-refractivity contribution in [2.75, 3.05) is 12.0 Å². The molecule has 0 radical (unpaired) electrons. The van der Waals surface area contributed by atoms with E-state index >= 15 is 0 Å². The van der Waals surface area contributed by atoms with E-state index in [0.717, 1.165) is 6.26 Å². The van der Waals surface area contributed by atoms with Crippen LogP contribution in [-0.2, 0) is 14.6 Å². The van der Waals surface area contributed by atoms with Gasteiger partial charge in [0.15, 0.2) is 0 Å². The minimum atomic E-state index is -2.97. The van der Waals surface area contributed by atoms with Crippen LogP contribution < -0.4 is 5.32 Å². The van der Waals surface area contributed by atoms with Crippen molar-refractivity contribution in [3.05, 3.63) is 0 Å². The van der Waals surface area contributed by atoms with Gasteiger partial charge in [-0.3, -0.25) is 4.79 Å². The van der Waals surface area contributed by atoms with Gasteiger partial charge in [-0.05, 0) is 6.92 Å². The van der Waals surface area contributed by atoms with Gasteiger partial charge in [-0.2, -0.15) is 0 Å². The van der Waals surface area contributed by atoms with Gasteiger partial charge in [-0.15, -0.1) is 0 Å². The lowest BCUT2D eigenvalue weighted by molar-refractivity contribution is -0.109. The van der Waals surface area contributed by atoms with Crippen LogP contribution in [0.5, 0.6) is 0 Å². The van der Waals surface area contributed by atoms with Gasteiger partial charge >= 0.3 is 0 Å². The fourth-order valence-electron chi connectivity index (χ4n) is 0.618. The van der Waals surface area contributed by atoms with Crippen LogP contribution in [0.25, 0.3) is 0 Å². The van der Waals surface area contributed by atoms with E-state index in [9.17, 15) is 13.2 Å². The fraction of sp³-hybridized carbons (Fsp3) is 0.800. The first-order chi connectivity index (χ1) is 4.45.